The molecule has 9 heteroatoms. The van der Waals surface area contributed by atoms with Gasteiger partial charge in [-0.1, -0.05) is 0 Å². The third kappa shape index (κ3) is 3.90. The van der Waals surface area contributed by atoms with Crippen molar-refractivity contribution in [2.24, 2.45) is 7.05 Å². The van der Waals surface area contributed by atoms with Gasteiger partial charge in [0.25, 0.3) is 5.56 Å². The van der Waals surface area contributed by atoms with Gasteiger partial charge in [-0.25, -0.2) is 9.67 Å². The van der Waals surface area contributed by atoms with E-state index in [-0.39, 0.29) is 5.56 Å². The second-order valence-corrected chi connectivity index (χ2v) is 6.58. The van der Waals surface area contributed by atoms with Crippen molar-refractivity contribution in [2.45, 2.75) is 31.9 Å². The van der Waals surface area contributed by atoms with Crippen LogP contribution < -0.4 is 15.8 Å². The number of ether oxygens (including phenoxy) is 1. The summed E-state index contributed by atoms with van der Waals surface area (Å²) in [6, 6.07) is 3.70. The van der Waals surface area contributed by atoms with Crippen LogP contribution in [0, 0.1) is 0 Å². The van der Waals surface area contributed by atoms with E-state index in [2.05, 4.69) is 24.7 Å². The molecule has 3 heterocycles. The van der Waals surface area contributed by atoms with Gasteiger partial charge in [0.05, 0.1) is 0 Å². The molecule has 1 aliphatic rings. The van der Waals surface area contributed by atoms with Crippen LogP contribution >= 0.6 is 11.5 Å². The number of anilines is 2. The Balaban J connectivity index is 1.67. The molecule has 2 aromatic heterocycles. The van der Waals surface area contributed by atoms with E-state index in [1.807, 2.05) is 6.07 Å². The van der Waals surface area contributed by atoms with Crippen molar-refractivity contribution in [1.29, 1.82) is 0 Å². The predicted octanol–water partition coefficient (Wildman–Crippen LogP) is 1.25. The Hall–Kier alpha value is -2.00. The van der Waals surface area contributed by atoms with Gasteiger partial charge in [0.15, 0.2) is 5.82 Å². The molecule has 2 aromatic rings. The molecule has 1 atom stereocenters. The van der Waals surface area contributed by atoms with Gasteiger partial charge >= 0.3 is 0 Å². The third-order valence-corrected chi connectivity index (χ3v) is 4.81. The highest BCUT2D eigenvalue weighted by molar-refractivity contribution is 7.09. The molecule has 0 aliphatic carbocycles. The first kappa shape index (κ1) is 16.8. The number of aryl methyl sites for hydroxylation is 1. The first-order valence-electron chi connectivity index (χ1n) is 8.04. The molecule has 8 nitrogen and oxygen atoms in total. The molecule has 1 saturated heterocycles. The number of methoxy groups -OCH3 is 1. The Morgan fingerprint density at radius 1 is 1.42 bits per heavy atom. The number of nitrogens with zero attached hydrogens (tertiary/aromatic N) is 5. The predicted molar refractivity (Wildman–Crippen MR) is 93.6 cm³/mol. The molecule has 0 saturated carbocycles. The summed E-state index contributed by atoms with van der Waals surface area (Å²) < 4.78 is 10.7. The molecule has 3 rings (SSSR count). The fourth-order valence-electron chi connectivity index (χ4n) is 2.88. The maximum Gasteiger partial charge on any atom is 0.266 e. The van der Waals surface area contributed by atoms with E-state index in [0.717, 1.165) is 36.9 Å². The lowest BCUT2D eigenvalue weighted by Gasteiger charge is -2.36. The summed E-state index contributed by atoms with van der Waals surface area (Å²) in [5.41, 5.74) is -0.0926. The lowest BCUT2D eigenvalue weighted by atomic mass is 10.0. The highest BCUT2D eigenvalue weighted by Crippen LogP contribution is 2.23. The standard InChI is InChI=1S/C15H22N6O2S/c1-20-14(22)7-6-13(18-20)21-8-4-3-5-11(21)9-16-15-17-12(10-23-2)19-24-15/h6-7,11H,3-5,8-10H2,1-2H3,(H,16,17,19). The molecule has 1 aliphatic heterocycles. The lowest BCUT2D eigenvalue weighted by molar-refractivity contribution is 0.179. The maximum atomic E-state index is 11.5. The van der Waals surface area contributed by atoms with Crippen LogP contribution in [0.15, 0.2) is 16.9 Å². The van der Waals surface area contributed by atoms with Crippen LogP contribution in [0.1, 0.15) is 25.1 Å². The van der Waals surface area contributed by atoms with Gasteiger partial charge in [0.2, 0.25) is 5.13 Å². The van der Waals surface area contributed by atoms with E-state index in [4.69, 9.17) is 4.74 Å². The van der Waals surface area contributed by atoms with Gasteiger partial charge in [-0.05, 0) is 25.3 Å². The second-order valence-electron chi connectivity index (χ2n) is 5.83. The smallest absolute Gasteiger partial charge is 0.266 e. The number of hydrogen-bond donors (Lipinski definition) is 1. The van der Waals surface area contributed by atoms with Gasteiger partial charge in [-0.15, -0.1) is 0 Å². The van der Waals surface area contributed by atoms with E-state index in [1.54, 1.807) is 20.2 Å². The molecule has 0 bridgehead atoms. The van der Waals surface area contributed by atoms with Gasteiger partial charge in [-0.2, -0.15) is 9.47 Å². The van der Waals surface area contributed by atoms with Crippen molar-refractivity contribution in [3.63, 3.8) is 0 Å². The molecule has 1 fully saturated rings. The highest BCUT2D eigenvalue weighted by Gasteiger charge is 2.24. The largest absolute Gasteiger partial charge is 0.377 e. The molecule has 0 radical (unpaired) electrons. The summed E-state index contributed by atoms with van der Waals surface area (Å²) in [4.78, 5) is 18.2. The Bertz CT molecular complexity index is 731. The fourth-order valence-corrected chi connectivity index (χ4v) is 3.46. The van der Waals surface area contributed by atoms with E-state index in [1.165, 1.54) is 22.6 Å². The zero-order valence-electron chi connectivity index (χ0n) is 13.9. The van der Waals surface area contributed by atoms with E-state index < -0.39 is 0 Å². The summed E-state index contributed by atoms with van der Waals surface area (Å²) in [6.07, 6.45) is 3.42. The van der Waals surface area contributed by atoms with Crippen LogP contribution in [0.3, 0.4) is 0 Å². The summed E-state index contributed by atoms with van der Waals surface area (Å²) in [5, 5.41) is 8.57. The third-order valence-electron chi connectivity index (χ3n) is 4.10. The molecular weight excluding hydrogens is 328 g/mol. The first-order valence-corrected chi connectivity index (χ1v) is 8.81. The molecule has 130 valence electrons. The average molecular weight is 350 g/mol. The quantitative estimate of drug-likeness (QED) is 0.839. The topological polar surface area (TPSA) is 85.2 Å². The van der Waals surface area contributed by atoms with Crippen LogP contribution in [0.25, 0.3) is 0 Å². The fraction of sp³-hybridized carbons (Fsp3) is 0.600. The van der Waals surface area contributed by atoms with Crippen molar-refractivity contribution in [1.82, 2.24) is 19.1 Å². The van der Waals surface area contributed by atoms with Crippen molar-refractivity contribution in [3.05, 3.63) is 28.3 Å². The monoisotopic (exact) mass is 350 g/mol. The number of hydrogen-bond acceptors (Lipinski definition) is 8. The van der Waals surface area contributed by atoms with Gasteiger partial charge in [0, 0.05) is 50.9 Å². The van der Waals surface area contributed by atoms with E-state index >= 15 is 0 Å². The summed E-state index contributed by atoms with van der Waals surface area (Å²) in [5.74, 6) is 1.55. The highest BCUT2D eigenvalue weighted by atomic mass is 32.1. The van der Waals surface area contributed by atoms with Crippen LogP contribution in [0.2, 0.25) is 0 Å². The van der Waals surface area contributed by atoms with Gasteiger partial charge in [-0.3, -0.25) is 4.79 Å². The van der Waals surface area contributed by atoms with Crippen LogP contribution in [0.4, 0.5) is 10.9 Å². The van der Waals surface area contributed by atoms with Gasteiger partial charge < -0.3 is 15.0 Å². The minimum atomic E-state index is -0.0926. The zero-order chi connectivity index (χ0) is 16.9. The number of piperidine rings is 1. The molecular formula is C15H22N6O2S. The molecule has 1 unspecified atom stereocenters. The Kier molecular flexibility index (Phi) is 5.41. The molecule has 24 heavy (non-hydrogen) atoms. The van der Waals surface area contributed by atoms with Crippen LogP contribution in [-0.4, -0.2) is 45.4 Å². The van der Waals surface area contributed by atoms with Crippen molar-refractivity contribution in [3.8, 4) is 0 Å². The Labute approximate surface area is 144 Å². The van der Waals surface area contributed by atoms with Crippen LogP contribution in [0.5, 0.6) is 0 Å². The number of nitrogens with one attached hydrogen (secondary N) is 1. The van der Waals surface area contributed by atoms with E-state index in [0.29, 0.717) is 18.5 Å². The Morgan fingerprint density at radius 2 is 2.29 bits per heavy atom. The first-order chi connectivity index (χ1) is 11.7. The van der Waals surface area contributed by atoms with Crippen molar-refractivity contribution in [2.75, 3.05) is 30.4 Å². The second kappa shape index (κ2) is 7.71. The normalized spacial score (nSPS) is 17.9. The molecule has 0 spiro atoms. The lowest BCUT2D eigenvalue weighted by Crippen LogP contribution is -2.44. The summed E-state index contributed by atoms with van der Waals surface area (Å²) >= 11 is 1.35. The maximum absolute atomic E-state index is 11.5. The number of rotatable bonds is 6. The zero-order valence-corrected chi connectivity index (χ0v) is 14.8. The van der Waals surface area contributed by atoms with Crippen molar-refractivity contribution >= 4 is 22.5 Å². The van der Waals surface area contributed by atoms with Crippen molar-refractivity contribution < 1.29 is 4.74 Å². The summed E-state index contributed by atoms with van der Waals surface area (Å²) in [7, 11) is 3.32. The van der Waals surface area contributed by atoms with Gasteiger partial charge in [0.1, 0.15) is 12.4 Å². The SMILES string of the molecule is COCc1nsc(NCC2CCCCN2c2ccc(=O)n(C)n2)n1. The van der Waals surface area contributed by atoms with Crippen LogP contribution in [-0.2, 0) is 18.4 Å². The molecule has 0 aromatic carbocycles. The Morgan fingerprint density at radius 3 is 3.08 bits per heavy atom. The minimum absolute atomic E-state index is 0.0926. The molecule has 1 N–H and O–H groups in total. The number of aromatic nitrogens is 4. The average Bonchev–Trinajstić information content (AvgIpc) is 3.04. The van der Waals surface area contributed by atoms with E-state index in [9.17, 15) is 4.79 Å². The minimum Gasteiger partial charge on any atom is -0.377 e. The molecule has 0 amide bonds. The summed E-state index contributed by atoms with van der Waals surface area (Å²) in [6.45, 7) is 2.14.